The van der Waals surface area contributed by atoms with E-state index < -0.39 is 6.09 Å². The van der Waals surface area contributed by atoms with Crippen LogP contribution in [-0.4, -0.2) is 13.2 Å². The second kappa shape index (κ2) is 7.88. The monoisotopic (exact) mass is 333 g/mol. The SMILES string of the molecule is CCc1cccc(NC(=O)OC)c1COc1ccc(C)cc1Cl. The molecule has 2 rings (SSSR count). The topological polar surface area (TPSA) is 47.6 Å². The molecule has 23 heavy (non-hydrogen) atoms. The number of hydrogen-bond donors (Lipinski definition) is 1. The average Bonchev–Trinajstić information content (AvgIpc) is 2.54. The normalized spacial score (nSPS) is 10.3. The molecule has 0 fully saturated rings. The first-order valence-electron chi connectivity index (χ1n) is 7.39. The number of amides is 1. The molecule has 0 saturated heterocycles. The molecule has 0 aliphatic carbocycles. The van der Waals surface area contributed by atoms with Gasteiger partial charge in [0.2, 0.25) is 0 Å². The van der Waals surface area contributed by atoms with Crippen molar-refractivity contribution in [1.29, 1.82) is 0 Å². The van der Waals surface area contributed by atoms with Crippen LogP contribution in [0.5, 0.6) is 5.75 Å². The Hall–Kier alpha value is -2.20. The molecule has 0 heterocycles. The summed E-state index contributed by atoms with van der Waals surface area (Å²) >= 11 is 6.20. The molecule has 4 nitrogen and oxygen atoms in total. The summed E-state index contributed by atoms with van der Waals surface area (Å²) in [7, 11) is 1.33. The molecule has 0 saturated carbocycles. The highest BCUT2D eigenvalue weighted by Crippen LogP contribution is 2.28. The van der Waals surface area contributed by atoms with Gasteiger partial charge in [0, 0.05) is 5.56 Å². The number of hydrogen-bond acceptors (Lipinski definition) is 3. The minimum absolute atomic E-state index is 0.312. The van der Waals surface area contributed by atoms with Crippen molar-refractivity contribution in [2.75, 3.05) is 12.4 Å². The van der Waals surface area contributed by atoms with Gasteiger partial charge in [0.15, 0.2) is 0 Å². The van der Waals surface area contributed by atoms with E-state index in [1.54, 1.807) is 0 Å². The van der Waals surface area contributed by atoms with Crippen molar-refractivity contribution in [1.82, 2.24) is 0 Å². The summed E-state index contributed by atoms with van der Waals surface area (Å²) in [6.45, 7) is 4.34. The van der Waals surface area contributed by atoms with E-state index in [1.807, 2.05) is 43.3 Å². The predicted octanol–water partition coefficient (Wildman–Crippen LogP) is 4.97. The fourth-order valence-corrected chi connectivity index (χ4v) is 2.58. The maximum absolute atomic E-state index is 11.5. The molecule has 122 valence electrons. The van der Waals surface area contributed by atoms with Gasteiger partial charge in [-0.3, -0.25) is 5.32 Å². The third kappa shape index (κ3) is 4.39. The van der Waals surface area contributed by atoms with E-state index in [4.69, 9.17) is 16.3 Å². The molecule has 2 aromatic rings. The molecule has 0 unspecified atom stereocenters. The summed E-state index contributed by atoms with van der Waals surface area (Å²) in [4.78, 5) is 11.5. The number of carbonyl (C=O) groups is 1. The van der Waals surface area contributed by atoms with E-state index in [9.17, 15) is 4.79 Å². The Morgan fingerprint density at radius 2 is 2.04 bits per heavy atom. The van der Waals surface area contributed by atoms with Crippen LogP contribution in [0, 0.1) is 6.92 Å². The van der Waals surface area contributed by atoms with E-state index >= 15 is 0 Å². The van der Waals surface area contributed by atoms with Crippen LogP contribution in [-0.2, 0) is 17.8 Å². The van der Waals surface area contributed by atoms with Crippen molar-refractivity contribution in [3.8, 4) is 5.75 Å². The van der Waals surface area contributed by atoms with Gasteiger partial charge in [-0.25, -0.2) is 4.79 Å². The highest BCUT2D eigenvalue weighted by atomic mass is 35.5. The quantitative estimate of drug-likeness (QED) is 0.840. The number of nitrogens with one attached hydrogen (secondary N) is 1. The Morgan fingerprint density at radius 3 is 2.70 bits per heavy atom. The van der Waals surface area contributed by atoms with Crippen LogP contribution >= 0.6 is 11.6 Å². The van der Waals surface area contributed by atoms with E-state index in [0.29, 0.717) is 23.1 Å². The maximum atomic E-state index is 11.5. The maximum Gasteiger partial charge on any atom is 0.411 e. The Bertz CT molecular complexity index is 701. The first-order chi connectivity index (χ1) is 11.0. The van der Waals surface area contributed by atoms with Crippen LogP contribution in [0.15, 0.2) is 36.4 Å². The lowest BCUT2D eigenvalue weighted by Crippen LogP contribution is -2.14. The second-order valence-electron chi connectivity index (χ2n) is 5.14. The minimum Gasteiger partial charge on any atom is -0.487 e. The second-order valence-corrected chi connectivity index (χ2v) is 5.54. The van der Waals surface area contributed by atoms with Gasteiger partial charge in [-0.15, -0.1) is 0 Å². The van der Waals surface area contributed by atoms with Gasteiger partial charge >= 0.3 is 6.09 Å². The van der Waals surface area contributed by atoms with Crippen molar-refractivity contribution < 1.29 is 14.3 Å². The fourth-order valence-electron chi connectivity index (χ4n) is 2.29. The Labute approximate surface area is 141 Å². The molecule has 0 radical (unpaired) electrons. The van der Waals surface area contributed by atoms with Crippen molar-refractivity contribution in [2.45, 2.75) is 26.9 Å². The summed E-state index contributed by atoms with van der Waals surface area (Å²) in [6.07, 6.45) is 0.324. The number of anilines is 1. The van der Waals surface area contributed by atoms with Gasteiger partial charge in [0.1, 0.15) is 12.4 Å². The highest BCUT2D eigenvalue weighted by molar-refractivity contribution is 6.32. The van der Waals surface area contributed by atoms with E-state index in [0.717, 1.165) is 23.1 Å². The first-order valence-corrected chi connectivity index (χ1v) is 7.77. The number of carbonyl (C=O) groups excluding carboxylic acids is 1. The number of benzene rings is 2. The molecule has 0 atom stereocenters. The lowest BCUT2D eigenvalue weighted by atomic mass is 10.0. The molecule has 1 amide bonds. The third-order valence-corrected chi connectivity index (χ3v) is 3.83. The van der Waals surface area contributed by atoms with Crippen LogP contribution in [0.1, 0.15) is 23.6 Å². The predicted molar refractivity (Wildman–Crippen MR) is 92.4 cm³/mol. The van der Waals surface area contributed by atoms with Crippen LogP contribution < -0.4 is 10.1 Å². The molecule has 5 heteroatoms. The highest BCUT2D eigenvalue weighted by Gasteiger charge is 2.12. The number of methoxy groups -OCH3 is 1. The van der Waals surface area contributed by atoms with Crippen LogP contribution in [0.2, 0.25) is 5.02 Å². The van der Waals surface area contributed by atoms with E-state index in [-0.39, 0.29) is 0 Å². The lowest BCUT2D eigenvalue weighted by molar-refractivity contribution is 0.187. The molecular weight excluding hydrogens is 314 g/mol. The largest absolute Gasteiger partial charge is 0.487 e. The number of rotatable bonds is 5. The lowest BCUT2D eigenvalue weighted by Gasteiger charge is -2.16. The van der Waals surface area contributed by atoms with Gasteiger partial charge in [-0.1, -0.05) is 36.7 Å². The average molecular weight is 334 g/mol. The van der Waals surface area contributed by atoms with Gasteiger partial charge in [0.05, 0.1) is 17.8 Å². The molecule has 0 aliphatic rings. The summed E-state index contributed by atoms with van der Waals surface area (Å²) in [5, 5.41) is 3.29. The molecule has 0 aromatic heterocycles. The summed E-state index contributed by atoms with van der Waals surface area (Å²) < 4.78 is 10.5. The van der Waals surface area contributed by atoms with Crippen molar-refractivity contribution >= 4 is 23.4 Å². The molecule has 0 bridgehead atoms. The minimum atomic E-state index is -0.507. The molecule has 0 spiro atoms. The van der Waals surface area contributed by atoms with Gasteiger partial charge in [0.25, 0.3) is 0 Å². The van der Waals surface area contributed by atoms with Gasteiger partial charge in [-0.05, 0) is 42.7 Å². The first kappa shape index (κ1) is 17.2. The standard InChI is InChI=1S/C18H20ClNO3/c1-4-13-6-5-7-16(20-18(21)22-3)14(13)11-23-17-9-8-12(2)10-15(17)19/h5-10H,4,11H2,1-3H3,(H,20,21). The summed E-state index contributed by atoms with van der Waals surface area (Å²) in [6, 6.07) is 11.4. The fraction of sp³-hybridized carbons (Fsp3) is 0.278. The molecule has 1 N–H and O–H groups in total. The number of ether oxygens (including phenoxy) is 2. The zero-order chi connectivity index (χ0) is 16.8. The zero-order valence-electron chi connectivity index (χ0n) is 13.5. The Balaban J connectivity index is 2.24. The van der Waals surface area contributed by atoms with Crippen LogP contribution in [0.4, 0.5) is 10.5 Å². The Kier molecular flexibility index (Phi) is 5.88. The van der Waals surface area contributed by atoms with Crippen LogP contribution in [0.3, 0.4) is 0 Å². The zero-order valence-corrected chi connectivity index (χ0v) is 14.2. The smallest absolute Gasteiger partial charge is 0.411 e. The summed E-state index contributed by atoms with van der Waals surface area (Å²) in [5.41, 5.74) is 3.77. The van der Waals surface area contributed by atoms with Gasteiger partial charge < -0.3 is 9.47 Å². The number of halogens is 1. The van der Waals surface area contributed by atoms with E-state index in [1.165, 1.54) is 7.11 Å². The van der Waals surface area contributed by atoms with Crippen molar-refractivity contribution in [3.63, 3.8) is 0 Å². The van der Waals surface area contributed by atoms with Crippen molar-refractivity contribution in [2.24, 2.45) is 0 Å². The van der Waals surface area contributed by atoms with Gasteiger partial charge in [-0.2, -0.15) is 0 Å². The van der Waals surface area contributed by atoms with E-state index in [2.05, 4.69) is 17.0 Å². The molecule has 2 aromatic carbocycles. The Morgan fingerprint density at radius 1 is 1.26 bits per heavy atom. The molecule has 0 aliphatic heterocycles. The molecular formula is C18H20ClNO3. The number of aryl methyl sites for hydroxylation is 2. The summed E-state index contributed by atoms with van der Waals surface area (Å²) in [5.74, 6) is 0.618. The third-order valence-electron chi connectivity index (χ3n) is 3.54. The van der Waals surface area contributed by atoms with Crippen molar-refractivity contribution in [3.05, 3.63) is 58.1 Å². The van der Waals surface area contributed by atoms with Crippen LogP contribution in [0.25, 0.3) is 0 Å².